The molecule has 2 fully saturated rings. The lowest BCUT2D eigenvalue weighted by Crippen LogP contribution is -2.43. The third kappa shape index (κ3) is 4.89. The number of piperidine rings is 1. The molecule has 9 heteroatoms. The number of fused-ring (bicyclic) bond motifs is 3. The van der Waals surface area contributed by atoms with Gasteiger partial charge < -0.3 is 20.4 Å². The number of amides is 1. The summed E-state index contributed by atoms with van der Waals surface area (Å²) in [5.41, 5.74) is 0.535. The standard InChI is InChI=1S/C14H15N3OS.C4H4O4/c18-14(16-12-8-17-3-1-10(12)7-17)11-5-13-9(6-15-11)2-4-19-13;5-3(6)1-2-4(7)8/h2,4-6,10,12H,1,3,7-8H2,(H,16,18);1-2H,(H,5,6)(H,7,8)/b;2-1+/t10?,12-;/m1./s1. The summed E-state index contributed by atoms with van der Waals surface area (Å²) in [5, 5.41) is 21.9. The zero-order valence-corrected chi connectivity index (χ0v) is 15.2. The van der Waals surface area contributed by atoms with Crippen molar-refractivity contribution in [1.82, 2.24) is 15.2 Å². The van der Waals surface area contributed by atoms with Crippen LogP contribution in [0.25, 0.3) is 10.1 Å². The Labute approximate surface area is 159 Å². The second-order valence-corrected chi connectivity index (χ2v) is 7.37. The maximum absolute atomic E-state index is 12.3. The van der Waals surface area contributed by atoms with Crippen molar-refractivity contribution in [3.8, 4) is 0 Å². The van der Waals surface area contributed by atoms with Crippen LogP contribution in [-0.2, 0) is 9.59 Å². The van der Waals surface area contributed by atoms with E-state index in [4.69, 9.17) is 10.2 Å². The number of carboxylic acids is 2. The van der Waals surface area contributed by atoms with E-state index in [0.29, 0.717) is 29.8 Å². The molecule has 0 saturated carbocycles. The molecule has 0 aromatic carbocycles. The number of nitrogens with zero attached hydrogens (tertiary/aromatic N) is 2. The molecular formula is C18H19N3O5S. The van der Waals surface area contributed by atoms with Gasteiger partial charge in [0.25, 0.3) is 5.91 Å². The number of hydrogen-bond donors (Lipinski definition) is 3. The molecule has 1 amide bonds. The van der Waals surface area contributed by atoms with Gasteiger partial charge in [0.1, 0.15) is 5.69 Å². The van der Waals surface area contributed by atoms with Crippen LogP contribution in [0.3, 0.4) is 0 Å². The Balaban J connectivity index is 0.000000226. The van der Waals surface area contributed by atoms with Crippen LogP contribution in [0.4, 0.5) is 0 Å². The van der Waals surface area contributed by atoms with Gasteiger partial charge >= 0.3 is 11.9 Å². The Morgan fingerprint density at radius 2 is 1.96 bits per heavy atom. The molecule has 142 valence electrons. The van der Waals surface area contributed by atoms with Gasteiger partial charge in [-0.15, -0.1) is 11.3 Å². The highest BCUT2D eigenvalue weighted by Crippen LogP contribution is 2.28. The highest BCUT2D eigenvalue weighted by atomic mass is 32.1. The van der Waals surface area contributed by atoms with Crippen molar-refractivity contribution in [3.05, 3.63) is 41.6 Å². The predicted octanol–water partition coefficient (Wildman–Crippen LogP) is 1.44. The Morgan fingerprint density at radius 3 is 2.56 bits per heavy atom. The van der Waals surface area contributed by atoms with Gasteiger partial charge in [0.05, 0.1) is 0 Å². The predicted molar refractivity (Wildman–Crippen MR) is 99.8 cm³/mol. The number of carboxylic acid groups (broad SMARTS) is 2. The summed E-state index contributed by atoms with van der Waals surface area (Å²) >= 11 is 1.65. The van der Waals surface area contributed by atoms with E-state index < -0.39 is 11.9 Å². The maximum atomic E-state index is 12.3. The Kier molecular flexibility index (Phi) is 5.82. The molecule has 0 radical (unpaired) electrons. The van der Waals surface area contributed by atoms with Crippen LogP contribution in [0.15, 0.2) is 35.9 Å². The van der Waals surface area contributed by atoms with E-state index in [1.165, 1.54) is 13.0 Å². The number of carbonyl (C=O) groups is 3. The van der Waals surface area contributed by atoms with Gasteiger partial charge in [-0.2, -0.15) is 0 Å². The average Bonchev–Trinajstić information content (AvgIpc) is 3.36. The van der Waals surface area contributed by atoms with Gasteiger partial charge in [0.2, 0.25) is 0 Å². The first-order valence-electron chi connectivity index (χ1n) is 8.43. The first-order valence-corrected chi connectivity index (χ1v) is 9.31. The van der Waals surface area contributed by atoms with Gasteiger partial charge in [-0.3, -0.25) is 9.78 Å². The van der Waals surface area contributed by atoms with Crippen LogP contribution >= 0.6 is 11.3 Å². The number of nitrogens with one attached hydrogen (secondary N) is 1. The van der Waals surface area contributed by atoms with Crippen molar-refractivity contribution >= 4 is 39.3 Å². The van der Waals surface area contributed by atoms with Crippen molar-refractivity contribution in [3.63, 3.8) is 0 Å². The number of hydrogen-bond acceptors (Lipinski definition) is 6. The van der Waals surface area contributed by atoms with Crippen LogP contribution in [0.2, 0.25) is 0 Å². The lowest BCUT2D eigenvalue weighted by atomic mass is 10.00. The number of aliphatic carboxylic acids is 2. The van der Waals surface area contributed by atoms with Crippen LogP contribution < -0.4 is 5.32 Å². The first-order chi connectivity index (χ1) is 12.9. The number of thiophene rings is 1. The fraction of sp³-hybridized carbons (Fsp3) is 0.333. The highest BCUT2D eigenvalue weighted by molar-refractivity contribution is 7.17. The summed E-state index contributed by atoms with van der Waals surface area (Å²) in [6, 6.07) is 4.22. The van der Waals surface area contributed by atoms with Crippen molar-refractivity contribution in [1.29, 1.82) is 0 Å². The smallest absolute Gasteiger partial charge is 0.328 e. The summed E-state index contributed by atoms with van der Waals surface area (Å²) in [6.45, 7) is 3.33. The minimum Gasteiger partial charge on any atom is -0.478 e. The van der Waals surface area contributed by atoms with Crippen molar-refractivity contribution in [2.75, 3.05) is 19.6 Å². The summed E-state index contributed by atoms with van der Waals surface area (Å²) in [7, 11) is 0. The fourth-order valence-electron chi connectivity index (χ4n) is 3.31. The number of carbonyl (C=O) groups excluding carboxylic acids is 1. The topological polar surface area (TPSA) is 120 Å². The van der Waals surface area contributed by atoms with E-state index in [-0.39, 0.29) is 5.91 Å². The minimum atomic E-state index is -1.26. The second-order valence-electron chi connectivity index (χ2n) is 6.43. The molecule has 0 aliphatic carbocycles. The summed E-state index contributed by atoms with van der Waals surface area (Å²) < 4.78 is 1.12. The van der Waals surface area contributed by atoms with E-state index in [1.54, 1.807) is 17.5 Å². The molecule has 2 aromatic heterocycles. The summed E-state index contributed by atoms with van der Waals surface area (Å²) in [4.78, 5) is 38.0. The van der Waals surface area contributed by atoms with E-state index in [2.05, 4.69) is 15.2 Å². The molecule has 4 heterocycles. The Bertz CT molecular complexity index is 878. The Morgan fingerprint density at radius 1 is 1.22 bits per heavy atom. The average molecular weight is 389 g/mol. The minimum absolute atomic E-state index is 0.0333. The Hall–Kier alpha value is -2.78. The van der Waals surface area contributed by atoms with Gasteiger partial charge in [0, 0.05) is 47.6 Å². The van der Waals surface area contributed by atoms with Crippen molar-refractivity contribution in [2.24, 2.45) is 5.92 Å². The van der Waals surface area contributed by atoms with E-state index in [9.17, 15) is 14.4 Å². The third-order valence-electron chi connectivity index (χ3n) is 4.59. The summed E-state index contributed by atoms with van der Waals surface area (Å²) in [6.07, 6.45) is 4.11. The monoisotopic (exact) mass is 389 g/mol. The molecule has 2 aliphatic heterocycles. The molecule has 0 spiro atoms. The number of pyridine rings is 1. The molecule has 2 aromatic rings. The molecule has 3 N–H and O–H groups in total. The molecule has 2 saturated heterocycles. The number of aromatic nitrogens is 1. The lowest BCUT2D eigenvalue weighted by molar-refractivity contribution is -0.134. The van der Waals surface area contributed by atoms with Gasteiger partial charge in [-0.1, -0.05) is 0 Å². The molecule has 8 nitrogen and oxygen atoms in total. The highest BCUT2D eigenvalue weighted by Gasteiger charge is 2.38. The van der Waals surface area contributed by atoms with Crippen molar-refractivity contribution in [2.45, 2.75) is 12.5 Å². The molecule has 4 rings (SSSR count). The zero-order valence-electron chi connectivity index (χ0n) is 14.4. The van der Waals surface area contributed by atoms with Gasteiger partial charge in [-0.05, 0) is 36.4 Å². The normalized spacial score (nSPS) is 23.2. The molecule has 2 unspecified atom stereocenters. The van der Waals surface area contributed by atoms with Gasteiger partial charge in [0.15, 0.2) is 0 Å². The second kappa shape index (κ2) is 8.28. The molecular weight excluding hydrogens is 370 g/mol. The van der Waals surface area contributed by atoms with Gasteiger partial charge in [-0.25, -0.2) is 9.59 Å². The van der Waals surface area contributed by atoms with Crippen molar-refractivity contribution < 1.29 is 24.6 Å². The maximum Gasteiger partial charge on any atom is 0.328 e. The molecule has 2 bridgehead atoms. The SMILES string of the molecule is O=C(N[C@@H]1CN2CCC1C2)c1cc2sccc2cn1.O=C(O)/C=C/C(=O)O. The quantitative estimate of drug-likeness (QED) is 0.677. The zero-order chi connectivity index (χ0) is 19.4. The first kappa shape index (κ1) is 19.0. The van der Waals surface area contributed by atoms with Crippen LogP contribution in [0.1, 0.15) is 16.9 Å². The van der Waals surface area contributed by atoms with Crippen LogP contribution in [-0.4, -0.2) is 63.6 Å². The molecule has 2 aliphatic rings. The largest absolute Gasteiger partial charge is 0.478 e. The van der Waals surface area contributed by atoms with E-state index in [1.807, 2.05) is 17.5 Å². The van der Waals surface area contributed by atoms with Crippen LogP contribution in [0, 0.1) is 5.92 Å². The summed E-state index contributed by atoms with van der Waals surface area (Å²) in [5.74, 6) is -1.91. The fourth-order valence-corrected chi connectivity index (χ4v) is 4.11. The molecule has 27 heavy (non-hydrogen) atoms. The third-order valence-corrected chi connectivity index (χ3v) is 5.47. The number of rotatable bonds is 4. The van der Waals surface area contributed by atoms with E-state index in [0.717, 1.165) is 23.2 Å². The van der Waals surface area contributed by atoms with Crippen LogP contribution in [0.5, 0.6) is 0 Å². The molecule has 3 atom stereocenters. The lowest BCUT2D eigenvalue weighted by Gasteiger charge is -2.22. The van der Waals surface area contributed by atoms with E-state index >= 15 is 0 Å².